The molecule has 5 heteroatoms. The van der Waals surface area contributed by atoms with Gasteiger partial charge in [0.05, 0.1) is 12.5 Å². The molecule has 3 heterocycles. The average molecular weight is 317 g/mol. The molecule has 1 N–H and O–H groups in total. The molecule has 1 fully saturated rings. The maximum Gasteiger partial charge on any atom is 0.103 e. The number of nitrogens with one attached hydrogen (secondary N) is 1. The van der Waals surface area contributed by atoms with Crippen LogP contribution >= 0.6 is 0 Å². The lowest BCUT2D eigenvalue weighted by molar-refractivity contribution is -0.0136. The van der Waals surface area contributed by atoms with Crippen molar-refractivity contribution in [3.05, 3.63) is 42.1 Å². The molecule has 0 aliphatic carbocycles. The van der Waals surface area contributed by atoms with E-state index in [0.717, 1.165) is 44.6 Å². The number of aryl methyl sites for hydroxylation is 2. The van der Waals surface area contributed by atoms with E-state index in [1.54, 1.807) is 6.26 Å². The van der Waals surface area contributed by atoms with Gasteiger partial charge in [0.2, 0.25) is 0 Å². The average Bonchev–Trinajstić information content (AvgIpc) is 3.25. The van der Waals surface area contributed by atoms with Crippen LogP contribution in [0.2, 0.25) is 0 Å². The highest BCUT2D eigenvalue weighted by Gasteiger charge is 2.29. The van der Waals surface area contributed by atoms with Crippen molar-refractivity contribution in [2.24, 2.45) is 0 Å². The Balaban J connectivity index is 1.57. The molecule has 0 aromatic carbocycles. The van der Waals surface area contributed by atoms with E-state index in [2.05, 4.69) is 30.5 Å². The molecule has 23 heavy (non-hydrogen) atoms. The Labute approximate surface area is 138 Å². The number of aromatic nitrogens is 2. The standard InChI is InChI=1S/C18H27N3O2/c1-3-21-13-15(12-19-21)18-17(7-5-11-23-18)20-14(2)8-9-16-6-4-10-22-16/h4,6,10,12-14,17-18,20H,3,5,7-9,11H2,1-2H3/t14?,17-,18+/m0/s1. The van der Waals surface area contributed by atoms with E-state index in [4.69, 9.17) is 9.15 Å². The lowest BCUT2D eigenvalue weighted by atomic mass is 9.96. The summed E-state index contributed by atoms with van der Waals surface area (Å²) >= 11 is 0. The zero-order valence-electron chi connectivity index (χ0n) is 14.1. The van der Waals surface area contributed by atoms with Crippen LogP contribution in [0.4, 0.5) is 0 Å². The summed E-state index contributed by atoms with van der Waals surface area (Å²) in [6.07, 6.45) is 10.2. The van der Waals surface area contributed by atoms with Crippen LogP contribution < -0.4 is 5.32 Å². The smallest absolute Gasteiger partial charge is 0.103 e. The molecule has 1 saturated heterocycles. The maximum atomic E-state index is 6.05. The Morgan fingerprint density at radius 3 is 3.13 bits per heavy atom. The number of nitrogens with zero attached hydrogens (tertiary/aromatic N) is 2. The fourth-order valence-electron chi connectivity index (χ4n) is 3.24. The number of hydrogen-bond donors (Lipinski definition) is 1. The molecular formula is C18H27N3O2. The van der Waals surface area contributed by atoms with Gasteiger partial charge >= 0.3 is 0 Å². The van der Waals surface area contributed by atoms with Gasteiger partial charge in [0, 0.05) is 43.4 Å². The van der Waals surface area contributed by atoms with E-state index < -0.39 is 0 Å². The van der Waals surface area contributed by atoms with Gasteiger partial charge < -0.3 is 14.5 Å². The molecule has 1 aliphatic rings. The van der Waals surface area contributed by atoms with Gasteiger partial charge in [-0.05, 0) is 45.2 Å². The van der Waals surface area contributed by atoms with Crippen molar-refractivity contribution in [2.45, 2.75) is 64.3 Å². The first kappa shape index (κ1) is 16.3. The predicted octanol–water partition coefficient (Wildman–Crippen LogP) is 3.33. The molecule has 1 unspecified atom stereocenters. The van der Waals surface area contributed by atoms with Crippen LogP contribution in [0.5, 0.6) is 0 Å². The molecule has 0 amide bonds. The van der Waals surface area contributed by atoms with Gasteiger partial charge in [-0.1, -0.05) is 0 Å². The molecule has 2 aromatic rings. The monoisotopic (exact) mass is 317 g/mol. The highest BCUT2D eigenvalue weighted by molar-refractivity contribution is 5.12. The summed E-state index contributed by atoms with van der Waals surface area (Å²) in [5.74, 6) is 1.05. The summed E-state index contributed by atoms with van der Waals surface area (Å²) in [5, 5.41) is 8.14. The molecule has 5 nitrogen and oxygen atoms in total. The third-order valence-electron chi connectivity index (χ3n) is 4.53. The highest BCUT2D eigenvalue weighted by atomic mass is 16.5. The lowest BCUT2D eigenvalue weighted by Crippen LogP contribution is -2.43. The quantitative estimate of drug-likeness (QED) is 0.851. The van der Waals surface area contributed by atoms with Gasteiger partial charge in [-0.15, -0.1) is 0 Å². The Morgan fingerprint density at radius 1 is 1.48 bits per heavy atom. The minimum Gasteiger partial charge on any atom is -0.469 e. The van der Waals surface area contributed by atoms with Gasteiger partial charge in [0.15, 0.2) is 0 Å². The second kappa shape index (κ2) is 7.79. The van der Waals surface area contributed by atoms with Crippen molar-refractivity contribution >= 4 is 0 Å². The topological polar surface area (TPSA) is 52.2 Å². The third kappa shape index (κ3) is 4.24. The Morgan fingerprint density at radius 2 is 2.39 bits per heavy atom. The van der Waals surface area contributed by atoms with Gasteiger partial charge in [-0.2, -0.15) is 5.10 Å². The van der Waals surface area contributed by atoms with E-state index in [1.165, 1.54) is 5.56 Å². The molecule has 0 bridgehead atoms. The number of ether oxygens (including phenoxy) is 1. The summed E-state index contributed by atoms with van der Waals surface area (Å²) in [5.41, 5.74) is 1.18. The van der Waals surface area contributed by atoms with Crippen molar-refractivity contribution in [1.29, 1.82) is 0 Å². The van der Waals surface area contributed by atoms with Crippen molar-refractivity contribution in [1.82, 2.24) is 15.1 Å². The zero-order valence-corrected chi connectivity index (χ0v) is 14.1. The maximum absolute atomic E-state index is 6.05. The molecule has 3 rings (SSSR count). The molecule has 0 radical (unpaired) electrons. The van der Waals surface area contributed by atoms with E-state index in [1.807, 2.05) is 23.0 Å². The predicted molar refractivity (Wildman–Crippen MR) is 89.2 cm³/mol. The zero-order chi connectivity index (χ0) is 16.1. The van der Waals surface area contributed by atoms with Gasteiger partial charge in [0.1, 0.15) is 11.9 Å². The number of hydrogen-bond acceptors (Lipinski definition) is 4. The normalized spacial score (nSPS) is 23.0. The van der Waals surface area contributed by atoms with Gasteiger partial charge in [-0.3, -0.25) is 4.68 Å². The molecule has 3 atom stereocenters. The minimum atomic E-state index is 0.107. The van der Waals surface area contributed by atoms with E-state index >= 15 is 0 Å². The first-order chi connectivity index (χ1) is 11.3. The summed E-state index contributed by atoms with van der Waals surface area (Å²) in [6.45, 7) is 6.07. The molecule has 1 aliphatic heterocycles. The van der Waals surface area contributed by atoms with Crippen LogP contribution in [-0.4, -0.2) is 28.5 Å². The summed E-state index contributed by atoms with van der Waals surface area (Å²) in [6, 6.07) is 4.77. The molecule has 126 valence electrons. The highest BCUT2D eigenvalue weighted by Crippen LogP contribution is 2.28. The summed E-state index contributed by atoms with van der Waals surface area (Å²) in [4.78, 5) is 0. The van der Waals surface area contributed by atoms with Crippen molar-refractivity contribution in [3.63, 3.8) is 0 Å². The molecule has 0 saturated carbocycles. The second-order valence-corrected chi connectivity index (χ2v) is 6.36. The Bertz CT molecular complexity index is 579. The van der Waals surface area contributed by atoms with E-state index in [9.17, 15) is 0 Å². The second-order valence-electron chi connectivity index (χ2n) is 6.36. The largest absolute Gasteiger partial charge is 0.469 e. The van der Waals surface area contributed by atoms with Crippen LogP contribution in [0.25, 0.3) is 0 Å². The minimum absolute atomic E-state index is 0.107. The molecule has 2 aromatic heterocycles. The van der Waals surface area contributed by atoms with Crippen molar-refractivity contribution < 1.29 is 9.15 Å². The summed E-state index contributed by atoms with van der Waals surface area (Å²) in [7, 11) is 0. The molecular weight excluding hydrogens is 290 g/mol. The number of furan rings is 1. The van der Waals surface area contributed by atoms with Gasteiger partial charge in [0.25, 0.3) is 0 Å². The Kier molecular flexibility index (Phi) is 5.51. The first-order valence-corrected chi connectivity index (χ1v) is 8.68. The van der Waals surface area contributed by atoms with Crippen LogP contribution in [0.1, 0.15) is 50.5 Å². The fraction of sp³-hybridized carbons (Fsp3) is 0.611. The SMILES string of the molecule is CCn1cc([C@H]2OCCC[C@@H]2NC(C)CCc2ccco2)cn1. The van der Waals surface area contributed by atoms with Crippen LogP contribution in [-0.2, 0) is 17.7 Å². The van der Waals surface area contributed by atoms with Crippen molar-refractivity contribution in [3.8, 4) is 0 Å². The van der Waals surface area contributed by atoms with E-state index in [0.29, 0.717) is 12.1 Å². The first-order valence-electron chi connectivity index (χ1n) is 8.68. The fourth-order valence-corrected chi connectivity index (χ4v) is 3.24. The lowest BCUT2D eigenvalue weighted by Gasteiger charge is -2.34. The number of rotatable bonds is 7. The van der Waals surface area contributed by atoms with Crippen LogP contribution in [0.15, 0.2) is 35.2 Å². The van der Waals surface area contributed by atoms with Crippen LogP contribution in [0.3, 0.4) is 0 Å². The van der Waals surface area contributed by atoms with Crippen LogP contribution in [0, 0.1) is 0 Å². The third-order valence-corrected chi connectivity index (χ3v) is 4.53. The Hall–Kier alpha value is -1.59. The van der Waals surface area contributed by atoms with Gasteiger partial charge in [-0.25, -0.2) is 0 Å². The van der Waals surface area contributed by atoms with Crippen molar-refractivity contribution in [2.75, 3.05) is 6.61 Å². The molecule has 0 spiro atoms. The van der Waals surface area contributed by atoms with E-state index in [-0.39, 0.29) is 6.10 Å². The summed E-state index contributed by atoms with van der Waals surface area (Å²) < 4.78 is 13.4.